The first-order valence-electron chi connectivity index (χ1n) is 6.26. The summed E-state index contributed by atoms with van der Waals surface area (Å²) in [5.74, 6) is 1.19. The molecule has 2 heterocycles. The molecule has 0 bridgehead atoms. The Kier molecular flexibility index (Phi) is 3.65. The molecule has 1 unspecified atom stereocenters. The van der Waals surface area contributed by atoms with Crippen LogP contribution in [0, 0.1) is 19.8 Å². The van der Waals surface area contributed by atoms with Crippen LogP contribution in [-0.2, 0) is 0 Å². The molecule has 3 N–H and O–H groups in total. The minimum atomic E-state index is 0.469. The van der Waals surface area contributed by atoms with Crippen LogP contribution in [0.4, 0.5) is 5.69 Å². The Morgan fingerprint density at radius 1 is 1.39 bits per heavy atom. The number of rotatable bonds is 3. The predicted molar refractivity (Wildman–Crippen MR) is 75.7 cm³/mol. The zero-order chi connectivity index (χ0) is 13.1. The van der Waals surface area contributed by atoms with Crippen LogP contribution in [0.1, 0.15) is 24.7 Å². The number of allylic oxidation sites excluding steroid dienone is 1. The van der Waals surface area contributed by atoms with Gasteiger partial charge in [-0.05, 0) is 31.9 Å². The number of amidine groups is 1. The van der Waals surface area contributed by atoms with Crippen LogP contribution in [0.15, 0.2) is 28.9 Å². The van der Waals surface area contributed by atoms with Gasteiger partial charge in [-0.25, -0.2) is 4.99 Å². The van der Waals surface area contributed by atoms with Crippen LogP contribution >= 0.6 is 0 Å². The first kappa shape index (κ1) is 12.6. The molecule has 0 aliphatic carbocycles. The van der Waals surface area contributed by atoms with E-state index in [4.69, 9.17) is 5.73 Å². The van der Waals surface area contributed by atoms with Gasteiger partial charge in [0.2, 0.25) is 0 Å². The van der Waals surface area contributed by atoms with Crippen molar-refractivity contribution in [1.29, 1.82) is 0 Å². The lowest BCUT2D eigenvalue weighted by molar-refractivity contribution is 0.736. The van der Waals surface area contributed by atoms with E-state index in [9.17, 15) is 0 Å². The number of pyridine rings is 1. The van der Waals surface area contributed by atoms with Crippen LogP contribution in [0.25, 0.3) is 0 Å². The maximum absolute atomic E-state index is 5.80. The maximum atomic E-state index is 5.80. The Balaban J connectivity index is 2.03. The fourth-order valence-corrected chi connectivity index (χ4v) is 2.14. The number of nitrogens with zero attached hydrogens (tertiary/aromatic N) is 2. The minimum Gasteiger partial charge on any atom is -0.387 e. The third kappa shape index (κ3) is 3.09. The molecule has 0 radical (unpaired) electrons. The highest BCUT2D eigenvalue weighted by molar-refractivity contribution is 5.82. The molecule has 4 heteroatoms. The number of hydrogen-bond acceptors (Lipinski definition) is 4. The zero-order valence-corrected chi connectivity index (χ0v) is 11.2. The molecule has 18 heavy (non-hydrogen) atoms. The number of aryl methyl sites for hydroxylation is 2. The molecule has 1 aromatic heterocycles. The second kappa shape index (κ2) is 5.21. The van der Waals surface area contributed by atoms with Gasteiger partial charge >= 0.3 is 0 Å². The van der Waals surface area contributed by atoms with E-state index in [0.717, 1.165) is 35.0 Å². The predicted octanol–water partition coefficient (Wildman–Crippen LogP) is 2.39. The molecule has 0 spiro atoms. The van der Waals surface area contributed by atoms with E-state index in [2.05, 4.69) is 34.4 Å². The number of aliphatic imine (C=N–C) groups is 1. The first-order chi connectivity index (χ1) is 8.54. The Morgan fingerprint density at radius 3 is 2.83 bits per heavy atom. The molecule has 0 amide bonds. The molecular weight excluding hydrogens is 224 g/mol. The molecule has 2 rings (SSSR count). The smallest absolute Gasteiger partial charge is 0.0998 e. The lowest BCUT2D eigenvalue weighted by Gasteiger charge is -2.16. The van der Waals surface area contributed by atoms with Gasteiger partial charge in [0, 0.05) is 12.1 Å². The summed E-state index contributed by atoms with van der Waals surface area (Å²) < 4.78 is 0. The first-order valence-corrected chi connectivity index (χ1v) is 6.26. The monoisotopic (exact) mass is 244 g/mol. The van der Waals surface area contributed by atoms with Crippen LogP contribution < -0.4 is 11.1 Å². The summed E-state index contributed by atoms with van der Waals surface area (Å²) in [7, 11) is 0. The van der Waals surface area contributed by atoms with Crippen molar-refractivity contribution in [2.45, 2.75) is 27.2 Å². The third-order valence-corrected chi connectivity index (χ3v) is 2.98. The van der Waals surface area contributed by atoms with Crippen molar-refractivity contribution in [2.24, 2.45) is 16.6 Å². The SMILES string of the molecule is Cc1ccc(NCC2=CC(C)CC(N)=N2)c(C)n1. The number of anilines is 1. The Hall–Kier alpha value is -1.84. The van der Waals surface area contributed by atoms with E-state index in [1.54, 1.807) is 0 Å². The molecule has 1 aliphatic rings. The average Bonchev–Trinajstić information content (AvgIpc) is 2.26. The van der Waals surface area contributed by atoms with Gasteiger partial charge in [-0.15, -0.1) is 0 Å². The average molecular weight is 244 g/mol. The van der Waals surface area contributed by atoms with Crippen molar-refractivity contribution in [1.82, 2.24) is 4.98 Å². The molecule has 1 aliphatic heterocycles. The molecule has 0 aromatic carbocycles. The fourth-order valence-electron chi connectivity index (χ4n) is 2.14. The summed E-state index contributed by atoms with van der Waals surface area (Å²) in [6.07, 6.45) is 3.02. The van der Waals surface area contributed by atoms with Gasteiger partial charge in [0.15, 0.2) is 0 Å². The second-order valence-corrected chi connectivity index (χ2v) is 4.88. The van der Waals surface area contributed by atoms with Gasteiger partial charge in [-0.2, -0.15) is 0 Å². The van der Waals surface area contributed by atoms with Crippen molar-refractivity contribution in [3.8, 4) is 0 Å². The molecule has 0 saturated heterocycles. The minimum absolute atomic E-state index is 0.469. The van der Waals surface area contributed by atoms with Gasteiger partial charge in [-0.3, -0.25) is 4.98 Å². The van der Waals surface area contributed by atoms with E-state index < -0.39 is 0 Å². The second-order valence-electron chi connectivity index (χ2n) is 4.88. The Bertz CT molecular complexity index is 503. The highest BCUT2D eigenvalue weighted by atomic mass is 15.0. The van der Waals surface area contributed by atoms with E-state index in [-0.39, 0.29) is 0 Å². The highest BCUT2D eigenvalue weighted by Gasteiger charge is 2.10. The van der Waals surface area contributed by atoms with E-state index >= 15 is 0 Å². The van der Waals surface area contributed by atoms with Crippen LogP contribution in [0.5, 0.6) is 0 Å². The molecule has 0 saturated carbocycles. The van der Waals surface area contributed by atoms with Gasteiger partial charge in [0.25, 0.3) is 0 Å². The number of nitrogens with two attached hydrogens (primary N) is 1. The molecule has 1 aromatic rings. The van der Waals surface area contributed by atoms with Crippen molar-refractivity contribution in [3.63, 3.8) is 0 Å². The summed E-state index contributed by atoms with van der Waals surface area (Å²) in [4.78, 5) is 8.79. The summed E-state index contributed by atoms with van der Waals surface area (Å²) in [6, 6.07) is 4.06. The number of hydrogen-bond donors (Lipinski definition) is 2. The number of nitrogens with one attached hydrogen (secondary N) is 1. The number of aromatic nitrogens is 1. The lowest BCUT2D eigenvalue weighted by Crippen LogP contribution is -2.20. The van der Waals surface area contributed by atoms with Crippen molar-refractivity contribution < 1.29 is 0 Å². The topological polar surface area (TPSA) is 63.3 Å². The van der Waals surface area contributed by atoms with Gasteiger partial charge in [0.05, 0.1) is 29.5 Å². The summed E-state index contributed by atoms with van der Waals surface area (Å²) >= 11 is 0. The van der Waals surface area contributed by atoms with Gasteiger partial charge < -0.3 is 11.1 Å². The molecule has 96 valence electrons. The van der Waals surface area contributed by atoms with Crippen molar-refractivity contribution >= 4 is 11.5 Å². The zero-order valence-electron chi connectivity index (χ0n) is 11.2. The molecular formula is C14H20N4. The largest absolute Gasteiger partial charge is 0.387 e. The molecule has 0 fully saturated rings. The van der Waals surface area contributed by atoms with E-state index in [1.807, 2.05) is 19.9 Å². The fraction of sp³-hybridized carbons (Fsp3) is 0.429. The van der Waals surface area contributed by atoms with Crippen LogP contribution in [0.2, 0.25) is 0 Å². The third-order valence-electron chi connectivity index (χ3n) is 2.98. The molecule has 4 nitrogen and oxygen atoms in total. The Labute approximate surface area is 108 Å². The Morgan fingerprint density at radius 2 is 2.17 bits per heavy atom. The standard InChI is InChI=1S/C14H20N4/c1-9-6-12(18-14(15)7-9)8-16-13-5-4-10(2)17-11(13)3/h4-6,9,16H,7-8H2,1-3H3,(H2,15,18). The summed E-state index contributed by atoms with van der Waals surface area (Å²) in [5.41, 5.74) is 9.90. The van der Waals surface area contributed by atoms with E-state index in [0.29, 0.717) is 12.5 Å². The van der Waals surface area contributed by atoms with Gasteiger partial charge in [0.1, 0.15) is 0 Å². The quantitative estimate of drug-likeness (QED) is 0.858. The summed E-state index contributed by atoms with van der Waals surface area (Å²) in [5, 5.41) is 3.36. The highest BCUT2D eigenvalue weighted by Crippen LogP contribution is 2.17. The normalized spacial score (nSPS) is 19.2. The van der Waals surface area contributed by atoms with Crippen LogP contribution in [-0.4, -0.2) is 17.4 Å². The van der Waals surface area contributed by atoms with Crippen LogP contribution in [0.3, 0.4) is 0 Å². The van der Waals surface area contributed by atoms with Crippen molar-refractivity contribution in [2.75, 3.05) is 11.9 Å². The van der Waals surface area contributed by atoms with Gasteiger partial charge in [-0.1, -0.05) is 13.0 Å². The summed E-state index contributed by atoms with van der Waals surface area (Å²) in [6.45, 7) is 6.84. The maximum Gasteiger partial charge on any atom is 0.0998 e. The molecule has 1 atom stereocenters. The lowest BCUT2D eigenvalue weighted by atomic mass is 10.0. The van der Waals surface area contributed by atoms with E-state index in [1.165, 1.54) is 0 Å². The van der Waals surface area contributed by atoms with Crippen molar-refractivity contribution in [3.05, 3.63) is 35.3 Å².